The first-order valence-corrected chi connectivity index (χ1v) is 23.9. The van der Waals surface area contributed by atoms with Crippen molar-refractivity contribution in [2.45, 2.75) is 80.4 Å². The van der Waals surface area contributed by atoms with E-state index in [2.05, 4.69) is 40.9 Å². The summed E-state index contributed by atoms with van der Waals surface area (Å²) in [5, 5.41) is 22.3. The number of aryl methyl sites for hydroxylation is 2. The maximum Gasteiger partial charge on any atom is 0.332 e. The molecule has 1 aliphatic carbocycles. The molecule has 0 aliphatic heterocycles. The zero-order valence-corrected chi connectivity index (χ0v) is 41.6. The van der Waals surface area contributed by atoms with Gasteiger partial charge in [0.2, 0.25) is 5.78 Å². The molecule has 2 heterocycles. The quantitative estimate of drug-likeness (QED) is 0.0298. The van der Waals surface area contributed by atoms with Crippen LogP contribution in [-0.4, -0.2) is 58.5 Å². The van der Waals surface area contributed by atoms with Crippen LogP contribution in [0.25, 0.3) is 43.9 Å². The number of nitrogens with zero attached hydrogens (tertiary/aromatic N) is 4. The van der Waals surface area contributed by atoms with Crippen molar-refractivity contribution in [2.24, 2.45) is 16.2 Å². The van der Waals surface area contributed by atoms with Gasteiger partial charge in [0.15, 0.2) is 5.76 Å². The van der Waals surface area contributed by atoms with Crippen LogP contribution in [0.5, 0.6) is 5.75 Å². The number of methoxy groups -OCH3 is 1. The number of ketones is 1. The highest BCUT2D eigenvalue weighted by molar-refractivity contribution is 6.17. The van der Waals surface area contributed by atoms with Gasteiger partial charge in [-0.3, -0.25) is 14.9 Å². The first-order chi connectivity index (χ1) is 34.6. The molecule has 0 fully saturated rings. The van der Waals surface area contributed by atoms with Crippen molar-refractivity contribution < 1.29 is 42.9 Å². The molecule has 0 amide bonds. The summed E-state index contributed by atoms with van der Waals surface area (Å²) in [5.74, 6) is 0.459. The number of fused-ring (bicyclic) bond motifs is 7. The van der Waals surface area contributed by atoms with Crippen molar-refractivity contribution >= 4 is 67.6 Å². The second-order valence-corrected chi connectivity index (χ2v) is 18.3. The van der Waals surface area contributed by atoms with Crippen LogP contribution < -0.4 is 4.74 Å². The molecule has 0 bridgehead atoms. The van der Waals surface area contributed by atoms with Gasteiger partial charge in [0.05, 0.1) is 17.2 Å². The van der Waals surface area contributed by atoms with Gasteiger partial charge in [-0.25, -0.2) is 9.59 Å². The van der Waals surface area contributed by atoms with E-state index < -0.39 is 16.9 Å². The molecule has 0 N–H and O–H groups in total. The van der Waals surface area contributed by atoms with E-state index >= 15 is 0 Å². The zero-order valence-electron chi connectivity index (χ0n) is 41.6. The number of carbonyl (C=O) groups excluding carboxylic acids is 3. The predicted octanol–water partition coefficient (Wildman–Crippen LogP) is 12.7. The molecule has 8 aromatic rings. The topological polar surface area (TPSA) is 174 Å². The minimum atomic E-state index is -0.539. The van der Waals surface area contributed by atoms with Crippen LogP contribution in [0.15, 0.2) is 136 Å². The van der Waals surface area contributed by atoms with Gasteiger partial charge in [-0.2, -0.15) is 0 Å². The largest absolute Gasteiger partial charge is 0.488 e. The maximum absolute atomic E-state index is 13.1. The molecule has 72 heavy (non-hydrogen) atoms. The van der Waals surface area contributed by atoms with Crippen molar-refractivity contribution in [3.63, 3.8) is 0 Å². The number of rotatable bonds is 16. The van der Waals surface area contributed by atoms with Crippen LogP contribution in [0, 0.1) is 23.0 Å². The number of oxime groups is 2. The number of carbonyl (C=O) groups is 3. The highest BCUT2D eigenvalue weighted by Gasteiger charge is 2.24. The van der Waals surface area contributed by atoms with E-state index in [-0.39, 0.29) is 17.6 Å². The first kappa shape index (κ1) is 50.2. The number of para-hydroxylation sites is 1. The summed E-state index contributed by atoms with van der Waals surface area (Å²) in [6, 6.07) is 37.8. The monoisotopic (exact) mass is 968 g/mol. The fraction of sp³-hybridized carbons (Fsp3) is 0.259. The Labute approximate surface area is 417 Å². The number of benzene rings is 6. The number of ether oxygens (including phenoxy) is 2. The molecule has 14 nitrogen and oxygen atoms in total. The summed E-state index contributed by atoms with van der Waals surface area (Å²) in [7, 11) is 1.62. The van der Waals surface area contributed by atoms with Gasteiger partial charge in [0.1, 0.15) is 23.1 Å². The molecule has 0 saturated carbocycles. The van der Waals surface area contributed by atoms with Gasteiger partial charge in [-0.1, -0.05) is 72.7 Å². The number of nitro groups is 1. The molecule has 14 heteroatoms. The maximum atomic E-state index is 13.1. The lowest BCUT2D eigenvalue weighted by Crippen LogP contribution is -2.18. The molecule has 1 aliphatic rings. The van der Waals surface area contributed by atoms with Crippen LogP contribution in [0.4, 0.5) is 5.69 Å². The molecule has 0 saturated heterocycles. The molecule has 0 spiro atoms. The second kappa shape index (κ2) is 21.8. The Morgan fingerprint density at radius 2 is 1.42 bits per heavy atom. The predicted molar refractivity (Wildman–Crippen MR) is 279 cm³/mol. The summed E-state index contributed by atoms with van der Waals surface area (Å²) >= 11 is 0. The smallest absolute Gasteiger partial charge is 0.332 e. The Morgan fingerprint density at radius 1 is 0.764 bits per heavy atom. The molecule has 1 unspecified atom stereocenters. The van der Waals surface area contributed by atoms with E-state index in [0.717, 1.165) is 85.5 Å². The van der Waals surface area contributed by atoms with E-state index in [4.69, 9.17) is 23.6 Å². The third-order valence-corrected chi connectivity index (χ3v) is 12.5. The fourth-order valence-corrected chi connectivity index (χ4v) is 9.09. The third kappa shape index (κ3) is 11.0. The molecule has 9 rings (SSSR count). The minimum absolute atomic E-state index is 0.0241. The van der Waals surface area contributed by atoms with Crippen LogP contribution in [0.2, 0.25) is 0 Å². The van der Waals surface area contributed by atoms with E-state index in [1.165, 1.54) is 25.5 Å². The van der Waals surface area contributed by atoms with Crippen molar-refractivity contribution in [1.82, 2.24) is 4.57 Å². The summed E-state index contributed by atoms with van der Waals surface area (Å²) in [4.78, 5) is 57.2. The Hall–Kier alpha value is -8.23. The summed E-state index contributed by atoms with van der Waals surface area (Å²) in [6.45, 7) is 14.0. The lowest BCUT2D eigenvalue weighted by Gasteiger charge is -2.16. The zero-order chi connectivity index (χ0) is 51.2. The van der Waals surface area contributed by atoms with Gasteiger partial charge in [0, 0.05) is 83.5 Å². The van der Waals surface area contributed by atoms with Gasteiger partial charge in [-0.15, -0.1) is 0 Å². The molecule has 0 radical (unpaired) electrons. The van der Waals surface area contributed by atoms with Gasteiger partial charge in [0.25, 0.3) is 5.69 Å². The molecule has 368 valence electrons. The van der Waals surface area contributed by atoms with Gasteiger partial charge < -0.3 is 28.1 Å². The van der Waals surface area contributed by atoms with E-state index in [9.17, 15) is 24.5 Å². The summed E-state index contributed by atoms with van der Waals surface area (Å²) in [6.07, 6.45) is 2.29. The van der Waals surface area contributed by atoms with Crippen LogP contribution in [0.1, 0.15) is 104 Å². The van der Waals surface area contributed by atoms with Crippen molar-refractivity contribution in [1.29, 1.82) is 0 Å². The number of aromatic nitrogens is 1. The van der Waals surface area contributed by atoms with E-state index in [1.807, 2.05) is 106 Å². The second-order valence-electron chi connectivity index (χ2n) is 18.3. The highest BCUT2D eigenvalue weighted by Crippen LogP contribution is 2.39. The molecule has 1 atom stereocenters. The molecular weight excluding hydrogens is 913 g/mol. The molecule has 6 aromatic carbocycles. The van der Waals surface area contributed by atoms with Gasteiger partial charge in [-0.05, 0) is 140 Å². The fourth-order valence-electron chi connectivity index (χ4n) is 9.09. The number of non-ortho nitro benzene ring substituents is 1. The number of nitro benzene ring substituents is 1. The average molecular weight is 969 g/mol. The number of hydrogen-bond donors (Lipinski definition) is 0. The van der Waals surface area contributed by atoms with Crippen molar-refractivity contribution in [3.8, 4) is 16.9 Å². The van der Waals surface area contributed by atoms with Crippen LogP contribution in [-0.2, 0) is 37.0 Å². The Morgan fingerprint density at radius 3 is 2.07 bits per heavy atom. The Kier molecular flexibility index (Phi) is 15.2. The van der Waals surface area contributed by atoms with Gasteiger partial charge >= 0.3 is 11.9 Å². The molecular formula is C58H56N4O10. The SMILES string of the molecule is CC(=O)O/N=C(\CCC(C)C)c1ccc2c(c1)Cc1cc(C(=O)c3cc4ccccc4o3)ccc1-2.CCn1c2ccc(/C(=N\OC(C)=O)c3ccc(OC(C)COC)cc3C)cc2c2cc([N+](=O)[O-])ccc21. The third-order valence-electron chi connectivity index (χ3n) is 12.5. The lowest BCUT2D eigenvalue weighted by molar-refractivity contribution is -0.384. The number of hydrogen-bond acceptors (Lipinski definition) is 12. The van der Waals surface area contributed by atoms with E-state index in [0.29, 0.717) is 53.0 Å². The van der Waals surface area contributed by atoms with Crippen molar-refractivity contribution in [2.75, 3.05) is 13.7 Å². The normalized spacial score (nSPS) is 12.6. The van der Waals surface area contributed by atoms with Crippen molar-refractivity contribution in [3.05, 3.63) is 176 Å². The molecule has 2 aromatic heterocycles. The average Bonchev–Trinajstić information content (AvgIpc) is 4.05. The summed E-state index contributed by atoms with van der Waals surface area (Å²) in [5.41, 5.74) is 12.3. The minimum Gasteiger partial charge on any atom is -0.488 e. The number of furan rings is 1. The Bertz CT molecular complexity index is 3420. The Balaban J connectivity index is 0.000000193. The van der Waals surface area contributed by atoms with Crippen LogP contribution >= 0.6 is 0 Å². The van der Waals surface area contributed by atoms with E-state index in [1.54, 1.807) is 25.3 Å². The first-order valence-electron chi connectivity index (χ1n) is 23.9. The lowest BCUT2D eigenvalue weighted by atomic mass is 9.96. The standard InChI is InChI=1S/C30H27NO4.C28H29N3O6/c1-18(2)8-13-27(31-35-19(3)32)20-9-11-25-23(14-20)16-24-15-22(10-12-26(24)25)30(33)29-17-21-6-4-5-7-28(21)34-29;1-6-30-26-11-7-20(14-24(26)25-15-21(31(33)34)8-12-27(25)30)28(29-37-19(4)32)23-10-9-22(13-17(23)2)36-18(3)16-35-5/h4-7,9-12,14-15,17-18H,8,13,16H2,1-3H3;7-15,18H,6,16H2,1-5H3/b31-27+;29-28+. The summed E-state index contributed by atoms with van der Waals surface area (Å²) < 4.78 is 19.0. The highest BCUT2D eigenvalue weighted by atomic mass is 16.7. The van der Waals surface area contributed by atoms with Crippen LogP contribution in [0.3, 0.4) is 0 Å².